The molecule has 0 aromatic carbocycles. The number of hydrogen-bond donors (Lipinski definition) is 1. The van der Waals surface area contributed by atoms with E-state index >= 15 is 0 Å². The monoisotopic (exact) mass is 260 g/mol. The van der Waals surface area contributed by atoms with Crippen molar-refractivity contribution < 1.29 is 9.53 Å². The van der Waals surface area contributed by atoms with Gasteiger partial charge in [-0.25, -0.2) is 0 Å². The number of carbonyl (C=O) groups is 1. The predicted octanol–water partition coefficient (Wildman–Crippen LogP) is 1.35. The molecule has 16 heavy (non-hydrogen) atoms. The summed E-state index contributed by atoms with van der Waals surface area (Å²) in [5.41, 5.74) is 0. The molecule has 1 N–H and O–H groups in total. The first-order valence-electron chi connectivity index (χ1n) is 5.03. The third-order valence-electron chi connectivity index (χ3n) is 2.42. The van der Waals surface area contributed by atoms with Gasteiger partial charge in [-0.15, -0.1) is 11.3 Å². The third kappa shape index (κ3) is 2.55. The highest BCUT2D eigenvalue weighted by Crippen LogP contribution is 2.29. The Balaban J connectivity index is 2.03. The van der Waals surface area contributed by atoms with Gasteiger partial charge in [0.1, 0.15) is 6.10 Å². The van der Waals surface area contributed by atoms with Gasteiger partial charge < -0.3 is 15.0 Å². The summed E-state index contributed by atoms with van der Waals surface area (Å²) < 4.78 is 6.09. The summed E-state index contributed by atoms with van der Waals surface area (Å²) in [6.07, 6.45) is -0.389. The van der Waals surface area contributed by atoms with Crippen molar-refractivity contribution in [1.29, 1.82) is 0 Å². The van der Waals surface area contributed by atoms with Gasteiger partial charge in [0.2, 0.25) is 0 Å². The van der Waals surface area contributed by atoms with Gasteiger partial charge in [0.25, 0.3) is 5.91 Å². The molecule has 0 bridgehead atoms. The molecule has 1 aromatic rings. The molecule has 1 saturated heterocycles. The van der Waals surface area contributed by atoms with E-state index in [-0.39, 0.29) is 12.0 Å². The largest absolute Gasteiger partial charge is 0.366 e. The van der Waals surface area contributed by atoms with Crippen LogP contribution in [0.4, 0.5) is 5.00 Å². The van der Waals surface area contributed by atoms with Crippen LogP contribution in [0.1, 0.15) is 0 Å². The zero-order valence-corrected chi connectivity index (χ0v) is 10.5. The Labute approximate surface area is 103 Å². The second kappa shape index (κ2) is 5.14. The first-order chi connectivity index (χ1) is 7.68. The molecule has 0 aliphatic carbocycles. The van der Waals surface area contributed by atoms with Gasteiger partial charge in [-0.2, -0.15) is 0 Å². The smallest absolute Gasteiger partial charge is 0.257 e. The van der Waals surface area contributed by atoms with Crippen molar-refractivity contribution in [3.05, 3.63) is 16.5 Å². The Kier molecular flexibility index (Phi) is 3.81. The van der Waals surface area contributed by atoms with Crippen LogP contribution in [0.5, 0.6) is 0 Å². The van der Waals surface area contributed by atoms with Gasteiger partial charge in [0, 0.05) is 20.1 Å². The van der Waals surface area contributed by atoms with E-state index in [2.05, 4.69) is 5.32 Å². The Hall–Kier alpha value is -0.620. The fourth-order valence-corrected chi connectivity index (χ4v) is 2.53. The lowest BCUT2D eigenvalue weighted by Gasteiger charge is -2.26. The summed E-state index contributed by atoms with van der Waals surface area (Å²) >= 11 is 7.21. The quantitative estimate of drug-likeness (QED) is 0.873. The normalized spacial score (nSPS) is 20.8. The molecular weight excluding hydrogens is 248 g/mol. The molecule has 1 amide bonds. The summed E-state index contributed by atoms with van der Waals surface area (Å²) in [5, 5.41) is 3.97. The molecule has 2 heterocycles. The molecule has 1 atom stereocenters. The number of ether oxygens (including phenoxy) is 1. The number of carbonyl (C=O) groups excluding carboxylic acids is 1. The molecule has 6 heteroatoms. The van der Waals surface area contributed by atoms with Gasteiger partial charge in [-0.3, -0.25) is 4.79 Å². The number of hydrogen-bond acceptors (Lipinski definition) is 4. The number of amides is 1. The summed E-state index contributed by atoms with van der Waals surface area (Å²) in [6, 6.07) is 3.62. The van der Waals surface area contributed by atoms with Crippen LogP contribution in [-0.2, 0) is 9.53 Å². The Morgan fingerprint density at radius 3 is 3.06 bits per heavy atom. The molecule has 88 valence electrons. The molecule has 1 unspecified atom stereocenters. The van der Waals surface area contributed by atoms with Crippen LogP contribution < -0.4 is 10.2 Å². The minimum absolute atomic E-state index is 0.0364. The number of morpholine rings is 1. The molecule has 1 fully saturated rings. The van der Waals surface area contributed by atoms with Gasteiger partial charge in [0.05, 0.1) is 15.9 Å². The van der Waals surface area contributed by atoms with Gasteiger partial charge >= 0.3 is 0 Å². The summed E-state index contributed by atoms with van der Waals surface area (Å²) in [7, 11) is 1.74. The maximum Gasteiger partial charge on any atom is 0.257 e. The molecule has 1 aromatic heterocycles. The number of anilines is 1. The van der Waals surface area contributed by atoms with E-state index < -0.39 is 0 Å². The van der Waals surface area contributed by atoms with E-state index in [1.165, 1.54) is 11.3 Å². The lowest BCUT2D eigenvalue weighted by molar-refractivity contribution is -0.131. The standard InChI is InChI=1S/C10H13ClN2O2S/c1-13(9-3-2-8(11)16-9)10(14)7-6-12-4-5-15-7/h2-3,7,12H,4-6H2,1H3. The Morgan fingerprint density at radius 2 is 2.50 bits per heavy atom. The maximum atomic E-state index is 12.0. The van der Waals surface area contributed by atoms with Crippen molar-refractivity contribution >= 4 is 33.8 Å². The van der Waals surface area contributed by atoms with Crippen LogP contribution in [0.3, 0.4) is 0 Å². The highest BCUT2D eigenvalue weighted by molar-refractivity contribution is 7.20. The molecule has 1 aliphatic heterocycles. The highest BCUT2D eigenvalue weighted by Gasteiger charge is 2.26. The van der Waals surface area contributed by atoms with Gasteiger partial charge in [-0.05, 0) is 12.1 Å². The average Bonchev–Trinajstić information content (AvgIpc) is 2.75. The van der Waals surface area contributed by atoms with Gasteiger partial charge in [0.15, 0.2) is 0 Å². The highest BCUT2D eigenvalue weighted by atomic mass is 35.5. The van der Waals surface area contributed by atoms with Crippen LogP contribution in [0.25, 0.3) is 0 Å². The predicted molar refractivity (Wildman–Crippen MR) is 65.3 cm³/mol. The van der Waals surface area contributed by atoms with E-state index in [9.17, 15) is 4.79 Å². The van der Waals surface area contributed by atoms with E-state index in [1.54, 1.807) is 18.0 Å². The first kappa shape index (κ1) is 11.9. The van der Waals surface area contributed by atoms with Crippen molar-refractivity contribution in [3.8, 4) is 0 Å². The van der Waals surface area contributed by atoms with Crippen LogP contribution in [0.2, 0.25) is 4.34 Å². The molecular formula is C10H13ClN2O2S. The molecule has 1 aliphatic rings. The lowest BCUT2D eigenvalue weighted by atomic mass is 10.3. The average molecular weight is 261 g/mol. The van der Waals surface area contributed by atoms with Crippen LogP contribution in [-0.4, -0.2) is 38.8 Å². The first-order valence-corrected chi connectivity index (χ1v) is 6.23. The van der Waals surface area contributed by atoms with Crippen molar-refractivity contribution in [3.63, 3.8) is 0 Å². The number of halogens is 1. The molecule has 0 spiro atoms. The summed E-state index contributed by atoms with van der Waals surface area (Å²) in [5.74, 6) is -0.0364. The van der Waals surface area contributed by atoms with Crippen molar-refractivity contribution in [2.45, 2.75) is 6.10 Å². The van der Waals surface area contributed by atoms with Crippen molar-refractivity contribution in [1.82, 2.24) is 5.32 Å². The topological polar surface area (TPSA) is 41.6 Å². The second-order valence-corrected chi connectivity index (χ2v) is 5.23. The lowest BCUT2D eigenvalue weighted by Crippen LogP contribution is -2.48. The van der Waals surface area contributed by atoms with E-state index in [0.29, 0.717) is 17.5 Å². The fraction of sp³-hybridized carbons (Fsp3) is 0.500. The summed E-state index contributed by atoms with van der Waals surface area (Å²) in [4.78, 5) is 13.6. The Bertz CT molecular complexity index is 377. The number of rotatable bonds is 2. The molecule has 0 saturated carbocycles. The fourth-order valence-electron chi connectivity index (χ4n) is 1.53. The molecule has 2 rings (SSSR count). The number of nitrogens with zero attached hydrogens (tertiary/aromatic N) is 1. The van der Waals surface area contributed by atoms with Crippen molar-refractivity contribution in [2.75, 3.05) is 31.6 Å². The van der Waals surface area contributed by atoms with E-state index in [4.69, 9.17) is 16.3 Å². The number of thiophene rings is 1. The number of nitrogens with one attached hydrogen (secondary N) is 1. The minimum atomic E-state index is -0.389. The molecule has 0 radical (unpaired) electrons. The van der Waals surface area contributed by atoms with Crippen molar-refractivity contribution in [2.24, 2.45) is 0 Å². The zero-order chi connectivity index (χ0) is 11.5. The van der Waals surface area contributed by atoms with E-state index in [1.807, 2.05) is 6.07 Å². The number of likely N-dealkylation sites (N-methyl/N-ethyl adjacent to an activating group) is 1. The van der Waals surface area contributed by atoms with Crippen LogP contribution >= 0.6 is 22.9 Å². The SMILES string of the molecule is CN(C(=O)C1CNCCO1)c1ccc(Cl)s1. The zero-order valence-electron chi connectivity index (χ0n) is 8.90. The summed E-state index contributed by atoms with van der Waals surface area (Å²) in [6.45, 7) is 1.95. The Morgan fingerprint density at radius 1 is 1.69 bits per heavy atom. The second-order valence-electron chi connectivity index (χ2n) is 3.54. The third-order valence-corrected chi connectivity index (χ3v) is 3.73. The van der Waals surface area contributed by atoms with Gasteiger partial charge in [-0.1, -0.05) is 11.6 Å². The van der Waals surface area contributed by atoms with E-state index in [0.717, 1.165) is 11.5 Å². The minimum Gasteiger partial charge on any atom is -0.366 e. The van der Waals surface area contributed by atoms with Crippen LogP contribution in [0, 0.1) is 0 Å². The molecule has 4 nitrogen and oxygen atoms in total. The maximum absolute atomic E-state index is 12.0. The van der Waals surface area contributed by atoms with Crippen LogP contribution in [0.15, 0.2) is 12.1 Å².